The molecule has 0 unspecified atom stereocenters. The Hall–Kier alpha value is -6.52. The van der Waals surface area contributed by atoms with Gasteiger partial charge >= 0.3 is 0 Å². The summed E-state index contributed by atoms with van der Waals surface area (Å²) in [4.78, 5) is 2.46. The maximum Gasteiger partial charge on any atom is 0.0640 e. The van der Waals surface area contributed by atoms with E-state index in [4.69, 9.17) is 0 Å². The van der Waals surface area contributed by atoms with Gasteiger partial charge in [0.25, 0.3) is 0 Å². The number of thiophene rings is 2. The van der Waals surface area contributed by atoms with E-state index < -0.39 is 0 Å². The molecule has 0 radical (unpaired) electrons. The summed E-state index contributed by atoms with van der Waals surface area (Å²) in [5.41, 5.74) is 10.7. The van der Waals surface area contributed by atoms with Crippen molar-refractivity contribution in [3.05, 3.63) is 200 Å². The van der Waals surface area contributed by atoms with Crippen molar-refractivity contribution in [3.63, 3.8) is 0 Å². The molecule has 0 amide bonds. The minimum atomic E-state index is 1.12. The van der Waals surface area contributed by atoms with E-state index in [2.05, 4.69) is 205 Å². The van der Waals surface area contributed by atoms with Gasteiger partial charge in [0, 0.05) is 47.0 Å². The molecule has 0 aliphatic heterocycles. The predicted octanol–water partition coefficient (Wildman–Crippen LogP) is 16.0. The Balaban J connectivity index is 1.13. The van der Waals surface area contributed by atoms with Gasteiger partial charge in [-0.15, -0.1) is 22.7 Å². The molecule has 0 saturated carbocycles. The molecule has 9 aromatic carbocycles. The van der Waals surface area contributed by atoms with Gasteiger partial charge in [-0.25, -0.2) is 0 Å². The fourth-order valence-corrected chi connectivity index (χ4v) is 10.6. The third-order valence-electron chi connectivity index (χ3n) is 10.9. The molecule has 11 aromatic rings. The second kappa shape index (κ2) is 13.1. The third-order valence-corrected chi connectivity index (χ3v) is 13.2. The van der Waals surface area contributed by atoms with Crippen LogP contribution in [0.3, 0.4) is 0 Å². The molecule has 0 fully saturated rings. The first kappa shape index (κ1) is 32.0. The Morgan fingerprint density at radius 1 is 0.309 bits per heavy atom. The van der Waals surface area contributed by atoms with Gasteiger partial charge in [0.2, 0.25) is 0 Å². The first-order chi connectivity index (χ1) is 27.3. The predicted molar refractivity (Wildman–Crippen MR) is 241 cm³/mol. The zero-order valence-corrected chi connectivity index (χ0v) is 31.4. The van der Waals surface area contributed by atoms with Crippen LogP contribution in [0.1, 0.15) is 0 Å². The van der Waals surface area contributed by atoms with Gasteiger partial charge in [-0.1, -0.05) is 152 Å². The topological polar surface area (TPSA) is 3.24 Å². The van der Waals surface area contributed by atoms with Crippen LogP contribution in [0.15, 0.2) is 200 Å². The molecule has 0 atom stereocenters. The summed E-state index contributed by atoms with van der Waals surface area (Å²) in [6.45, 7) is 0. The molecule has 11 rings (SSSR count). The Bertz CT molecular complexity index is 3200. The van der Waals surface area contributed by atoms with E-state index in [1.54, 1.807) is 0 Å². The average molecular weight is 736 g/mol. The maximum absolute atomic E-state index is 2.46. The summed E-state index contributed by atoms with van der Waals surface area (Å²) in [6.07, 6.45) is 0. The lowest BCUT2D eigenvalue weighted by molar-refractivity contribution is 1.30. The molecule has 2 aromatic heterocycles. The van der Waals surface area contributed by atoms with E-state index in [1.165, 1.54) is 90.2 Å². The lowest BCUT2D eigenvalue weighted by Gasteiger charge is -2.27. The van der Waals surface area contributed by atoms with Crippen molar-refractivity contribution in [2.24, 2.45) is 0 Å². The molecular formula is C52H33NS2. The molecule has 0 bridgehead atoms. The van der Waals surface area contributed by atoms with Crippen LogP contribution < -0.4 is 4.90 Å². The van der Waals surface area contributed by atoms with E-state index in [9.17, 15) is 0 Å². The summed E-state index contributed by atoms with van der Waals surface area (Å²) in [6, 6.07) is 73.5. The van der Waals surface area contributed by atoms with Crippen molar-refractivity contribution in [2.45, 2.75) is 0 Å². The molecule has 2 heterocycles. The number of hydrogen-bond donors (Lipinski definition) is 0. The summed E-state index contributed by atoms with van der Waals surface area (Å²) in [5.74, 6) is 0. The highest BCUT2D eigenvalue weighted by molar-refractivity contribution is 7.26. The van der Waals surface area contributed by atoms with Crippen molar-refractivity contribution in [2.75, 3.05) is 4.90 Å². The SMILES string of the molecule is c1ccc(-c2ccc(N(c3ccc(-c4cccc5ccccc45)cc3)c3cccc4c3sc3ccccc34)cc2-c2ccc3c(c2)sc2ccccc23)cc1. The van der Waals surface area contributed by atoms with Crippen LogP contribution in [0.25, 0.3) is 84.5 Å². The lowest BCUT2D eigenvalue weighted by atomic mass is 9.93. The minimum Gasteiger partial charge on any atom is -0.309 e. The molecule has 258 valence electrons. The number of benzene rings is 9. The van der Waals surface area contributed by atoms with Gasteiger partial charge in [-0.05, 0) is 92.7 Å². The van der Waals surface area contributed by atoms with E-state index in [0.717, 1.165) is 11.4 Å². The molecule has 0 aliphatic rings. The molecule has 3 heteroatoms. The molecule has 0 aliphatic carbocycles. The second-order valence-corrected chi connectivity index (χ2v) is 16.2. The van der Waals surface area contributed by atoms with Crippen LogP contribution in [0, 0.1) is 0 Å². The van der Waals surface area contributed by atoms with Gasteiger partial charge in [-0.2, -0.15) is 0 Å². The Labute approximate surface area is 327 Å². The normalized spacial score (nSPS) is 11.6. The highest BCUT2D eigenvalue weighted by Gasteiger charge is 2.21. The lowest BCUT2D eigenvalue weighted by Crippen LogP contribution is -2.10. The quantitative estimate of drug-likeness (QED) is 0.164. The van der Waals surface area contributed by atoms with E-state index in [-0.39, 0.29) is 0 Å². The van der Waals surface area contributed by atoms with Crippen molar-refractivity contribution in [1.82, 2.24) is 0 Å². The van der Waals surface area contributed by atoms with Gasteiger partial charge in [-0.3, -0.25) is 0 Å². The third kappa shape index (κ3) is 5.43. The fourth-order valence-electron chi connectivity index (χ4n) is 8.28. The fraction of sp³-hybridized carbons (Fsp3) is 0. The molecule has 55 heavy (non-hydrogen) atoms. The molecular weight excluding hydrogens is 703 g/mol. The summed E-state index contributed by atoms with van der Waals surface area (Å²) in [7, 11) is 0. The average Bonchev–Trinajstić information content (AvgIpc) is 3.83. The van der Waals surface area contributed by atoms with Gasteiger partial charge in [0.15, 0.2) is 0 Å². The van der Waals surface area contributed by atoms with E-state index in [0.29, 0.717) is 0 Å². The zero-order valence-electron chi connectivity index (χ0n) is 29.8. The highest BCUT2D eigenvalue weighted by Crippen LogP contribution is 2.47. The monoisotopic (exact) mass is 735 g/mol. The molecule has 1 nitrogen and oxygen atoms in total. The zero-order chi connectivity index (χ0) is 36.3. The van der Waals surface area contributed by atoms with Crippen LogP contribution in [-0.2, 0) is 0 Å². The van der Waals surface area contributed by atoms with Gasteiger partial charge < -0.3 is 4.90 Å². The molecule has 0 N–H and O–H groups in total. The standard InChI is InChI=1S/C52H33NS2/c1-2-12-34(13-3-1)42-31-29-39(33-47(42)37-26-30-45-43-17-6-8-22-49(43)54-51(45)32-37)53(48-21-11-20-46-44-18-7-9-23-50(44)55-52(46)48)38-27-24-36(25-28-38)41-19-10-15-35-14-4-5-16-40(35)41/h1-33H. The first-order valence-electron chi connectivity index (χ1n) is 18.7. The summed E-state index contributed by atoms with van der Waals surface area (Å²) < 4.78 is 5.20. The second-order valence-electron chi connectivity index (χ2n) is 14.1. The number of fused-ring (bicyclic) bond motifs is 7. The Morgan fingerprint density at radius 2 is 0.909 bits per heavy atom. The Kier molecular flexibility index (Phi) is 7.61. The van der Waals surface area contributed by atoms with Crippen LogP contribution in [0.2, 0.25) is 0 Å². The van der Waals surface area contributed by atoms with Gasteiger partial charge in [0.05, 0.1) is 10.4 Å². The number of rotatable bonds is 6. The summed E-state index contributed by atoms with van der Waals surface area (Å²) in [5, 5.41) is 7.73. The molecule has 0 spiro atoms. The van der Waals surface area contributed by atoms with Gasteiger partial charge in [0.1, 0.15) is 0 Å². The van der Waals surface area contributed by atoms with Crippen molar-refractivity contribution < 1.29 is 0 Å². The van der Waals surface area contributed by atoms with Crippen LogP contribution in [-0.4, -0.2) is 0 Å². The van der Waals surface area contributed by atoms with Crippen molar-refractivity contribution >= 4 is 90.9 Å². The number of hydrogen-bond acceptors (Lipinski definition) is 3. The minimum absolute atomic E-state index is 1.12. The van der Waals surface area contributed by atoms with Crippen LogP contribution in [0.4, 0.5) is 17.1 Å². The largest absolute Gasteiger partial charge is 0.309 e. The molecule has 0 saturated heterocycles. The summed E-state index contributed by atoms with van der Waals surface area (Å²) >= 11 is 3.74. The smallest absolute Gasteiger partial charge is 0.0640 e. The van der Waals surface area contributed by atoms with Crippen molar-refractivity contribution in [1.29, 1.82) is 0 Å². The van der Waals surface area contributed by atoms with E-state index >= 15 is 0 Å². The number of nitrogens with zero attached hydrogens (tertiary/aromatic N) is 1. The highest BCUT2D eigenvalue weighted by atomic mass is 32.1. The van der Waals surface area contributed by atoms with Crippen LogP contribution >= 0.6 is 22.7 Å². The van der Waals surface area contributed by atoms with Crippen LogP contribution in [0.5, 0.6) is 0 Å². The van der Waals surface area contributed by atoms with E-state index in [1.807, 2.05) is 22.7 Å². The Morgan fingerprint density at radius 3 is 1.75 bits per heavy atom. The van der Waals surface area contributed by atoms with Crippen molar-refractivity contribution in [3.8, 4) is 33.4 Å². The maximum atomic E-state index is 2.46. The first-order valence-corrected chi connectivity index (χ1v) is 20.3. The number of anilines is 3.